The number of aryl methyl sites for hydroxylation is 2. The number of unbranched alkanes of at least 4 members (excludes halogenated alkanes) is 1. The molecule has 1 N–H and O–H groups in total. The standard InChI is InChI=1S/C26H32N4O2S/c1-19-8-3-4-9-21(19)18-33-26-29-28-24(30(26)22-10-7-11-23(16-22)32-2)12-5-6-13-25(31)27-17-20-14-15-20/h3-4,7-11,16,20H,5-6,12-15,17-18H2,1-2H3,(H,27,31). The molecule has 0 radical (unpaired) electrons. The molecule has 1 heterocycles. The summed E-state index contributed by atoms with van der Waals surface area (Å²) in [7, 11) is 1.67. The Morgan fingerprint density at radius 1 is 1.15 bits per heavy atom. The molecule has 0 atom stereocenters. The van der Waals surface area contributed by atoms with E-state index in [1.165, 1.54) is 24.0 Å². The highest BCUT2D eigenvalue weighted by atomic mass is 32.2. The summed E-state index contributed by atoms with van der Waals surface area (Å²) in [6.45, 7) is 2.97. The second kappa shape index (κ2) is 11.4. The first-order chi connectivity index (χ1) is 16.1. The van der Waals surface area contributed by atoms with Crippen LogP contribution in [-0.2, 0) is 17.0 Å². The number of nitrogens with one attached hydrogen (secondary N) is 1. The van der Waals surface area contributed by atoms with Crippen molar-refractivity contribution in [2.24, 2.45) is 5.92 Å². The first kappa shape index (κ1) is 23.4. The first-order valence-electron chi connectivity index (χ1n) is 11.7. The number of carbonyl (C=O) groups excluding carboxylic acids is 1. The minimum absolute atomic E-state index is 0.158. The Morgan fingerprint density at radius 3 is 2.79 bits per heavy atom. The summed E-state index contributed by atoms with van der Waals surface area (Å²) in [5, 5.41) is 12.9. The normalized spacial score (nSPS) is 13.2. The van der Waals surface area contributed by atoms with Gasteiger partial charge < -0.3 is 10.1 Å². The van der Waals surface area contributed by atoms with Gasteiger partial charge in [0.05, 0.1) is 12.8 Å². The van der Waals surface area contributed by atoms with Crippen LogP contribution in [0.1, 0.15) is 49.1 Å². The molecule has 33 heavy (non-hydrogen) atoms. The van der Waals surface area contributed by atoms with E-state index in [1.807, 2.05) is 18.2 Å². The molecule has 0 spiro atoms. The maximum atomic E-state index is 12.0. The van der Waals surface area contributed by atoms with Crippen molar-refractivity contribution in [3.05, 3.63) is 65.5 Å². The fourth-order valence-corrected chi connectivity index (χ4v) is 4.76. The predicted octanol–water partition coefficient (Wildman–Crippen LogP) is 5.12. The molecule has 3 aromatic rings. The van der Waals surface area contributed by atoms with Gasteiger partial charge in [0.25, 0.3) is 0 Å². The Labute approximate surface area is 200 Å². The lowest BCUT2D eigenvalue weighted by Gasteiger charge is -2.12. The summed E-state index contributed by atoms with van der Waals surface area (Å²) >= 11 is 1.69. The minimum atomic E-state index is 0.158. The largest absolute Gasteiger partial charge is 0.497 e. The van der Waals surface area contributed by atoms with Gasteiger partial charge in [0.1, 0.15) is 11.6 Å². The van der Waals surface area contributed by atoms with Crippen molar-refractivity contribution in [2.45, 2.75) is 56.4 Å². The van der Waals surface area contributed by atoms with Crippen LogP contribution in [0, 0.1) is 12.8 Å². The van der Waals surface area contributed by atoms with Crippen LogP contribution in [0.4, 0.5) is 0 Å². The maximum absolute atomic E-state index is 12.0. The molecule has 6 nitrogen and oxygen atoms in total. The molecule has 0 aliphatic heterocycles. The minimum Gasteiger partial charge on any atom is -0.497 e. The summed E-state index contributed by atoms with van der Waals surface area (Å²) < 4.78 is 7.56. The summed E-state index contributed by atoms with van der Waals surface area (Å²) in [5.41, 5.74) is 3.56. The van der Waals surface area contributed by atoms with Gasteiger partial charge in [-0.3, -0.25) is 9.36 Å². The van der Waals surface area contributed by atoms with Crippen LogP contribution >= 0.6 is 11.8 Å². The monoisotopic (exact) mass is 464 g/mol. The first-order valence-corrected chi connectivity index (χ1v) is 12.7. The second-order valence-corrected chi connectivity index (χ2v) is 9.55. The van der Waals surface area contributed by atoms with Crippen LogP contribution in [0.5, 0.6) is 5.75 Å². The molecule has 1 aliphatic carbocycles. The zero-order valence-corrected chi connectivity index (χ0v) is 20.2. The van der Waals surface area contributed by atoms with Gasteiger partial charge >= 0.3 is 0 Å². The number of aromatic nitrogens is 3. The lowest BCUT2D eigenvalue weighted by atomic mass is 10.1. The van der Waals surface area contributed by atoms with Crippen LogP contribution < -0.4 is 10.1 Å². The third kappa shape index (κ3) is 6.60. The molecule has 0 bridgehead atoms. The Balaban J connectivity index is 1.43. The summed E-state index contributed by atoms with van der Waals surface area (Å²) in [6, 6.07) is 16.4. The van der Waals surface area contributed by atoms with Crippen LogP contribution in [0.25, 0.3) is 5.69 Å². The number of rotatable bonds is 12. The molecule has 0 unspecified atom stereocenters. The van der Waals surface area contributed by atoms with Crippen molar-refractivity contribution in [2.75, 3.05) is 13.7 Å². The third-order valence-electron chi connectivity index (χ3n) is 5.97. The summed E-state index contributed by atoms with van der Waals surface area (Å²) in [4.78, 5) is 12.0. The number of hydrogen-bond acceptors (Lipinski definition) is 5. The molecule has 1 aliphatic rings. The molecule has 7 heteroatoms. The summed E-state index contributed by atoms with van der Waals surface area (Å²) in [6.07, 6.45) is 5.57. The molecule has 2 aromatic carbocycles. The predicted molar refractivity (Wildman–Crippen MR) is 132 cm³/mol. The van der Waals surface area contributed by atoms with Crippen molar-refractivity contribution < 1.29 is 9.53 Å². The number of methoxy groups -OCH3 is 1. The van der Waals surface area contributed by atoms with E-state index in [-0.39, 0.29) is 5.91 Å². The number of carbonyl (C=O) groups is 1. The molecular weight excluding hydrogens is 432 g/mol. The van der Waals surface area contributed by atoms with Gasteiger partial charge in [-0.05, 0) is 61.8 Å². The lowest BCUT2D eigenvalue weighted by Crippen LogP contribution is -2.25. The van der Waals surface area contributed by atoms with Crippen molar-refractivity contribution in [3.8, 4) is 11.4 Å². The van der Waals surface area contributed by atoms with E-state index < -0.39 is 0 Å². The van der Waals surface area contributed by atoms with E-state index in [9.17, 15) is 4.79 Å². The number of amides is 1. The van der Waals surface area contributed by atoms with Crippen molar-refractivity contribution in [1.29, 1.82) is 0 Å². The SMILES string of the molecule is COc1cccc(-n2c(CCCCC(=O)NCC3CC3)nnc2SCc2ccccc2C)c1. The highest BCUT2D eigenvalue weighted by molar-refractivity contribution is 7.98. The molecule has 1 saturated carbocycles. The number of benzene rings is 2. The average molecular weight is 465 g/mol. The van der Waals surface area contributed by atoms with Gasteiger partial charge in [-0.15, -0.1) is 10.2 Å². The highest BCUT2D eigenvalue weighted by Crippen LogP contribution is 2.29. The number of hydrogen-bond donors (Lipinski definition) is 1. The van der Waals surface area contributed by atoms with E-state index in [0.717, 1.165) is 54.0 Å². The zero-order chi connectivity index (χ0) is 23.0. The lowest BCUT2D eigenvalue weighted by molar-refractivity contribution is -0.121. The zero-order valence-electron chi connectivity index (χ0n) is 19.4. The molecule has 174 valence electrons. The fourth-order valence-electron chi connectivity index (χ4n) is 3.72. The average Bonchev–Trinajstić information content (AvgIpc) is 3.58. The Kier molecular flexibility index (Phi) is 8.05. The fraction of sp³-hybridized carbons (Fsp3) is 0.423. The van der Waals surface area contributed by atoms with Gasteiger partial charge in [0.2, 0.25) is 5.91 Å². The maximum Gasteiger partial charge on any atom is 0.220 e. The van der Waals surface area contributed by atoms with Gasteiger partial charge in [-0.2, -0.15) is 0 Å². The van der Waals surface area contributed by atoms with Crippen LogP contribution in [0.3, 0.4) is 0 Å². The number of nitrogens with zero attached hydrogens (tertiary/aromatic N) is 3. The van der Waals surface area contributed by atoms with E-state index in [4.69, 9.17) is 4.74 Å². The molecule has 4 rings (SSSR count). The van der Waals surface area contributed by atoms with Gasteiger partial charge in [0.15, 0.2) is 5.16 Å². The molecule has 0 saturated heterocycles. The number of ether oxygens (including phenoxy) is 1. The topological polar surface area (TPSA) is 69.0 Å². The van der Waals surface area contributed by atoms with E-state index in [0.29, 0.717) is 12.3 Å². The van der Waals surface area contributed by atoms with Gasteiger partial charge in [-0.1, -0.05) is 42.1 Å². The Morgan fingerprint density at radius 2 is 2.00 bits per heavy atom. The molecule has 1 aromatic heterocycles. The van der Waals surface area contributed by atoms with Gasteiger partial charge in [0, 0.05) is 31.2 Å². The van der Waals surface area contributed by atoms with E-state index in [1.54, 1.807) is 18.9 Å². The van der Waals surface area contributed by atoms with Crippen molar-refractivity contribution in [3.63, 3.8) is 0 Å². The Bertz CT molecular complexity index is 1080. The molecule has 1 fully saturated rings. The quantitative estimate of drug-likeness (QED) is 0.298. The van der Waals surface area contributed by atoms with Crippen molar-refractivity contribution in [1.82, 2.24) is 20.1 Å². The van der Waals surface area contributed by atoms with Crippen LogP contribution in [0.2, 0.25) is 0 Å². The van der Waals surface area contributed by atoms with Crippen molar-refractivity contribution >= 4 is 17.7 Å². The van der Waals surface area contributed by atoms with E-state index >= 15 is 0 Å². The second-order valence-electron chi connectivity index (χ2n) is 8.61. The third-order valence-corrected chi connectivity index (χ3v) is 6.95. The molecule has 1 amide bonds. The van der Waals surface area contributed by atoms with Crippen LogP contribution in [0.15, 0.2) is 53.7 Å². The molecular formula is C26H32N4O2S. The van der Waals surface area contributed by atoms with Gasteiger partial charge in [-0.25, -0.2) is 0 Å². The highest BCUT2D eigenvalue weighted by Gasteiger charge is 2.21. The summed E-state index contributed by atoms with van der Waals surface area (Å²) in [5.74, 6) is 3.41. The smallest absolute Gasteiger partial charge is 0.220 e. The van der Waals surface area contributed by atoms with E-state index in [2.05, 4.69) is 57.3 Å². The number of thioether (sulfide) groups is 1. The van der Waals surface area contributed by atoms with Crippen LogP contribution in [-0.4, -0.2) is 34.3 Å². The Hall–Kier alpha value is -2.80.